The Morgan fingerprint density at radius 2 is 2.47 bits per heavy atom. The van der Waals surface area contributed by atoms with E-state index in [9.17, 15) is 4.79 Å². The number of aromatic amines is 1. The molecule has 0 saturated carbocycles. The summed E-state index contributed by atoms with van der Waals surface area (Å²) in [5.41, 5.74) is 6.61. The molecule has 0 saturated heterocycles. The molecule has 4 heteroatoms. The highest BCUT2D eigenvalue weighted by atomic mass is 16.1. The van der Waals surface area contributed by atoms with E-state index in [0.29, 0.717) is 0 Å². The molecule has 0 aromatic carbocycles. The Hall–Kier alpha value is -2.28. The lowest BCUT2D eigenvalue weighted by Gasteiger charge is -1.87. The first kappa shape index (κ1) is 9.28. The molecule has 74 valence electrons. The van der Waals surface area contributed by atoms with Crippen molar-refractivity contribution in [3.63, 3.8) is 0 Å². The number of amides is 1. The SMILES string of the molecule is NC(=O)CC#Cc1c[nH]c2ncccc12. The number of carbonyl (C=O) groups excluding carboxylic acids is 1. The molecule has 4 nitrogen and oxygen atoms in total. The smallest absolute Gasteiger partial charge is 0.229 e. The Morgan fingerprint density at radius 1 is 1.60 bits per heavy atom. The Kier molecular flexibility index (Phi) is 2.38. The quantitative estimate of drug-likeness (QED) is 0.666. The summed E-state index contributed by atoms with van der Waals surface area (Å²) in [5, 5.41) is 0.953. The van der Waals surface area contributed by atoms with E-state index in [4.69, 9.17) is 5.73 Å². The van der Waals surface area contributed by atoms with Gasteiger partial charge in [-0.2, -0.15) is 0 Å². The van der Waals surface area contributed by atoms with E-state index >= 15 is 0 Å². The van der Waals surface area contributed by atoms with Gasteiger partial charge in [0.1, 0.15) is 5.65 Å². The van der Waals surface area contributed by atoms with Crippen molar-refractivity contribution in [1.82, 2.24) is 9.97 Å². The van der Waals surface area contributed by atoms with Crippen LogP contribution >= 0.6 is 0 Å². The van der Waals surface area contributed by atoms with Gasteiger partial charge in [0.25, 0.3) is 0 Å². The average Bonchev–Trinajstić information content (AvgIpc) is 2.62. The second kappa shape index (κ2) is 3.84. The van der Waals surface area contributed by atoms with E-state index in [0.717, 1.165) is 16.6 Å². The fourth-order valence-corrected chi connectivity index (χ4v) is 1.29. The minimum Gasteiger partial charge on any atom is -0.369 e. The molecule has 0 aliphatic carbocycles. The first-order valence-electron chi connectivity index (χ1n) is 4.46. The lowest BCUT2D eigenvalue weighted by atomic mass is 10.2. The normalized spacial score (nSPS) is 9.60. The molecule has 15 heavy (non-hydrogen) atoms. The van der Waals surface area contributed by atoms with Gasteiger partial charge in [-0.15, -0.1) is 0 Å². The van der Waals surface area contributed by atoms with Crippen molar-refractivity contribution >= 4 is 16.9 Å². The Bertz CT molecular complexity index is 560. The van der Waals surface area contributed by atoms with Gasteiger partial charge in [0.2, 0.25) is 5.91 Å². The Balaban J connectivity index is 2.35. The molecule has 2 aromatic heterocycles. The maximum atomic E-state index is 10.5. The zero-order chi connectivity index (χ0) is 10.7. The molecule has 0 atom stereocenters. The number of carbonyl (C=O) groups is 1. The highest BCUT2D eigenvalue weighted by molar-refractivity contribution is 5.83. The van der Waals surface area contributed by atoms with E-state index < -0.39 is 5.91 Å². The van der Waals surface area contributed by atoms with Crippen LogP contribution in [0.3, 0.4) is 0 Å². The van der Waals surface area contributed by atoms with Gasteiger partial charge in [-0.3, -0.25) is 4.79 Å². The summed E-state index contributed by atoms with van der Waals surface area (Å²) in [6.45, 7) is 0. The molecule has 3 N–H and O–H groups in total. The monoisotopic (exact) mass is 199 g/mol. The first-order valence-corrected chi connectivity index (χ1v) is 4.46. The lowest BCUT2D eigenvalue weighted by Crippen LogP contribution is -2.08. The molecule has 0 spiro atoms. The molecular formula is C11H9N3O. The third-order valence-corrected chi connectivity index (χ3v) is 1.94. The van der Waals surface area contributed by atoms with Gasteiger partial charge in [0, 0.05) is 17.8 Å². The number of primary amides is 1. The lowest BCUT2D eigenvalue weighted by molar-refractivity contribution is -0.117. The van der Waals surface area contributed by atoms with Gasteiger partial charge < -0.3 is 10.7 Å². The third-order valence-electron chi connectivity index (χ3n) is 1.94. The van der Waals surface area contributed by atoms with Crippen LogP contribution in [-0.2, 0) is 4.79 Å². The molecule has 0 bridgehead atoms. The first-order chi connectivity index (χ1) is 7.27. The molecule has 0 aliphatic heterocycles. The van der Waals surface area contributed by atoms with Crippen LogP contribution in [0.5, 0.6) is 0 Å². The standard InChI is InChI=1S/C11H9N3O/c12-10(15)5-1-3-8-7-14-11-9(8)4-2-6-13-11/h2,4,6-7H,5H2,(H2,12,15)(H,13,14). The number of hydrogen-bond donors (Lipinski definition) is 2. The number of nitrogens with zero attached hydrogens (tertiary/aromatic N) is 1. The summed E-state index contributed by atoms with van der Waals surface area (Å²) < 4.78 is 0. The Morgan fingerprint density at radius 3 is 3.27 bits per heavy atom. The summed E-state index contributed by atoms with van der Waals surface area (Å²) in [4.78, 5) is 17.6. The van der Waals surface area contributed by atoms with Gasteiger partial charge in [-0.05, 0) is 12.1 Å². The number of H-pyrrole nitrogens is 1. The zero-order valence-corrected chi connectivity index (χ0v) is 7.95. The largest absolute Gasteiger partial charge is 0.369 e. The van der Waals surface area contributed by atoms with Gasteiger partial charge in [-0.1, -0.05) is 11.8 Å². The van der Waals surface area contributed by atoms with Crippen LogP contribution in [0.25, 0.3) is 11.0 Å². The van der Waals surface area contributed by atoms with Crippen LogP contribution in [0.15, 0.2) is 24.5 Å². The Labute approximate surface area is 86.5 Å². The summed E-state index contributed by atoms with van der Waals surface area (Å²) in [7, 11) is 0. The summed E-state index contributed by atoms with van der Waals surface area (Å²) in [6, 6.07) is 3.77. The predicted octanol–water partition coefficient (Wildman–Crippen LogP) is 0.790. The van der Waals surface area contributed by atoms with E-state index in [1.54, 1.807) is 12.4 Å². The highest BCUT2D eigenvalue weighted by Gasteiger charge is 1.99. The van der Waals surface area contributed by atoms with Gasteiger partial charge >= 0.3 is 0 Å². The summed E-state index contributed by atoms with van der Waals surface area (Å²) in [5.74, 6) is 5.17. The van der Waals surface area contributed by atoms with Crippen LogP contribution in [0.1, 0.15) is 12.0 Å². The number of pyridine rings is 1. The van der Waals surface area contributed by atoms with Crippen LogP contribution in [0.4, 0.5) is 0 Å². The molecule has 0 radical (unpaired) electrons. The van der Waals surface area contributed by atoms with E-state index in [1.807, 2.05) is 12.1 Å². The fourth-order valence-electron chi connectivity index (χ4n) is 1.29. The molecule has 2 rings (SSSR count). The van der Waals surface area contributed by atoms with Gasteiger partial charge in [-0.25, -0.2) is 4.98 Å². The molecule has 2 heterocycles. The second-order valence-electron chi connectivity index (χ2n) is 3.05. The number of nitrogens with one attached hydrogen (secondary N) is 1. The van der Waals surface area contributed by atoms with Crippen molar-refractivity contribution in [1.29, 1.82) is 0 Å². The van der Waals surface area contributed by atoms with Gasteiger partial charge in [0.05, 0.1) is 12.0 Å². The number of fused-ring (bicyclic) bond motifs is 1. The minimum absolute atomic E-state index is 0.0763. The maximum absolute atomic E-state index is 10.5. The van der Waals surface area contributed by atoms with Crippen LogP contribution in [0.2, 0.25) is 0 Å². The average molecular weight is 199 g/mol. The molecule has 0 aliphatic rings. The predicted molar refractivity (Wildman–Crippen MR) is 56.8 cm³/mol. The highest BCUT2D eigenvalue weighted by Crippen LogP contribution is 2.13. The third kappa shape index (κ3) is 1.97. The zero-order valence-electron chi connectivity index (χ0n) is 7.95. The summed E-state index contributed by atoms with van der Waals surface area (Å²) >= 11 is 0. The number of rotatable bonds is 1. The van der Waals surface area contributed by atoms with Crippen LogP contribution < -0.4 is 5.73 Å². The van der Waals surface area contributed by atoms with Crippen molar-refractivity contribution in [3.05, 3.63) is 30.1 Å². The number of nitrogens with two attached hydrogens (primary N) is 1. The van der Waals surface area contributed by atoms with Crippen molar-refractivity contribution in [3.8, 4) is 11.8 Å². The van der Waals surface area contributed by atoms with E-state index in [2.05, 4.69) is 21.8 Å². The van der Waals surface area contributed by atoms with Gasteiger partial charge in [0.15, 0.2) is 0 Å². The minimum atomic E-state index is -0.416. The van der Waals surface area contributed by atoms with Crippen molar-refractivity contribution in [2.75, 3.05) is 0 Å². The van der Waals surface area contributed by atoms with Crippen LogP contribution in [0, 0.1) is 11.8 Å². The van der Waals surface area contributed by atoms with Crippen LogP contribution in [-0.4, -0.2) is 15.9 Å². The maximum Gasteiger partial charge on any atom is 0.229 e. The number of hydrogen-bond acceptors (Lipinski definition) is 2. The molecule has 0 unspecified atom stereocenters. The van der Waals surface area contributed by atoms with Crippen molar-refractivity contribution < 1.29 is 4.79 Å². The van der Waals surface area contributed by atoms with Crippen molar-refractivity contribution in [2.24, 2.45) is 5.73 Å². The van der Waals surface area contributed by atoms with E-state index in [-0.39, 0.29) is 6.42 Å². The topological polar surface area (TPSA) is 71.8 Å². The van der Waals surface area contributed by atoms with E-state index in [1.165, 1.54) is 0 Å². The molecule has 0 fully saturated rings. The molecular weight excluding hydrogens is 190 g/mol. The van der Waals surface area contributed by atoms with Crippen molar-refractivity contribution in [2.45, 2.75) is 6.42 Å². The molecule has 1 amide bonds. The fraction of sp³-hybridized carbons (Fsp3) is 0.0909. The second-order valence-corrected chi connectivity index (χ2v) is 3.05. The summed E-state index contributed by atoms with van der Waals surface area (Å²) in [6.07, 6.45) is 3.55. The molecule has 2 aromatic rings. The number of aromatic nitrogens is 2.